The molecule has 0 aliphatic carbocycles. The molecule has 2 heterocycles. The van der Waals surface area contributed by atoms with E-state index in [-0.39, 0.29) is 12.0 Å². The third kappa shape index (κ3) is 4.99. The maximum atomic E-state index is 12.8. The van der Waals surface area contributed by atoms with Gasteiger partial charge in [-0.25, -0.2) is 0 Å². The minimum Gasteiger partial charge on any atom is -0.490 e. The number of rotatable bonds is 7. The fourth-order valence-corrected chi connectivity index (χ4v) is 4.95. The monoisotopic (exact) mass is 450 g/mol. The van der Waals surface area contributed by atoms with Crippen LogP contribution >= 0.6 is 11.8 Å². The fraction of sp³-hybridized carbons (Fsp3) is 0.400. The van der Waals surface area contributed by atoms with Crippen LogP contribution in [-0.4, -0.2) is 50.5 Å². The normalized spacial score (nSPS) is 14.5. The molecule has 1 amide bonds. The first-order valence-electron chi connectivity index (χ1n) is 11.2. The van der Waals surface area contributed by atoms with Crippen LogP contribution in [0.15, 0.2) is 53.9 Å². The standard InChI is InChI=1S/C25H30N4O2S/c1-4-20-10-5-6-11-22(20)29-17-26-27-25(29)32-16-23(30)28-14-12-21(13-15-28)31-24-18(2)8-7-9-19(24)3/h5-11,17,21H,4,12-16H2,1-3H3. The fourth-order valence-electron chi connectivity index (χ4n) is 4.13. The number of amides is 1. The molecule has 1 aromatic heterocycles. The van der Waals surface area contributed by atoms with Crippen molar-refractivity contribution in [3.05, 3.63) is 65.5 Å². The molecular formula is C25H30N4O2S. The Balaban J connectivity index is 1.32. The van der Waals surface area contributed by atoms with Crippen molar-refractivity contribution in [3.8, 4) is 11.4 Å². The summed E-state index contributed by atoms with van der Waals surface area (Å²) in [5.74, 6) is 1.48. The molecular weight excluding hydrogens is 420 g/mol. The van der Waals surface area contributed by atoms with Gasteiger partial charge in [-0.05, 0) is 43.0 Å². The lowest BCUT2D eigenvalue weighted by atomic mass is 10.1. The Bertz CT molecular complexity index is 1050. The highest BCUT2D eigenvalue weighted by molar-refractivity contribution is 7.99. The molecule has 0 N–H and O–H groups in total. The van der Waals surface area contributed by atoms with Crippen LogP contribution in [0, 0.1) is 13.8 Å². The summed E-state index contributed by atoms with van der Waals surface area (Å²) in [6, 6.07) is 14.4. The topological polar surface area (TPSA) is 60.2 Å². The summed E-state index contributed by atoms with van der Waals surface area (Å²) < 4.78 is 8.26. The van der Waals surface area contributed by atoms with Crippen molar-refractivity contribution in [1.82, 2.24) is 19.7 Å². The van der Waals surface area contributed by atoms with Gasteiger partial charge in [-0.3, -0.25) is 9.36 Å². The largest absolute Gasteiger partial charge is 0.490 e. The van der Waals surface area contributed by atoms with Gasteiger partial charge in [0.2, 0.25) is 5.91 Å². The molecule has 0 saturated carbocycles. The molecule has 1 fully saturated rings. The van der Waals surface area contributed by atoms with Crippen LogP contribution in [0.5, 0.6) is 5.75 Å². The van der Waals surface area contributed by atoms with E-state index in [1.807, 2.05) is 21.6 Å². The third-order valence-corrected chi connectivity index (χ3v) is 6.89. The van der Waals surface area contributed by atoms with Crippen molar-refractivity contribution in [2.45, 2.75) is 51.3 Å². The number of aryl methyl sites for hydroxylation is 3. The van der Waals surface area contributed by atoms with Gasteiger partial charge in [0.05, 0.1) is 11.4 Å². The average Bonchev–Trinajstić information content (AvgIpc) is 3.29. The Morgan fingerprint density at radius 3 is 2.53 bits per heavy atom. The lowest BCUT2D eigenvalue weighted by molar-refractivity contribution is -0.130. The van der Waals surface area contributed by atoms with E-state index < -0.39 is 0 Å². The van der Waals surface area contributed by atoms with Crippen LogP contribution in [0.3, 0.4) is 0 Å². The number of carbonyl (C=O) groups is 1. The number of benzene rings is 2. The maximum Gasteiger partial charge on any atom is 0.233 e. The molecule has 0 bridgehead atoms. The predicted molar refractivity (Wildman–Crippen MR) is 128 cm³/mol. The van der Waals surface area contributed by atoms with Crippen LogP contribution in [0.4, 0.5) is 0 Å². The van der Waals surface area contributed by atoms with Gasteiger partial charge in [-0.1, -0.05) is 55.1 Å². The summed E-state index contributed by atoms with van der Waals surface area (Å²) in [6.07, 6.45) is 4.50. The lowest BCUT2D eigenvalue weighted by Crippen LogP contribution is -2.42. The first-order valence-corrected chi connectivity index (χ1v) is 12.2. The highest BCUT2D eigenvalue weighted by Gasteiger charge is 2.25. The number of thioether (sulfide) groups is 1. The Labute approximate surface area is 194 Å². The Morgan fingerprint density at radius 1 is 1.09 bits per heavy atom. The van der Waals surface area contributed by atoms with Crippen molar-refractivity contribution >= 4 is 17.7 Å². The van der Waals surface area contributed by atoms with Crippen molar-refractivity contribution in [2.24, 2.45) is 0 Å². The van der Waals surface area contributed by atoms with Gasteiger partial charge in [0.25, 0.3) is 0 Å². The molecule has 6 nitrogen and oxygen atoms in total. The number of hydrogen-bond acceptors (Lipinski definition) is 5. The summed E-state index contributed by atoms with van der Waals surface area (Å²) in [7, 11) is 0. The smallest absolute Gasteiger partial charge is 0.233 e. The molecule has 3 aromatic rings. The molecule has 1 aliphatic heterocycles. The van der Waals surface area contributed by atoms with Gasteiger partial charge in [0.15, 0.2) is 5.16 Å². The van der Waals surface area contributed by atoms with E-state index in [1.54, 1.807) is 6.33 Å². The molecule has 168 valence electrons. The van der Waals surface area contributed by atoms with E-state index in [2.05, 4.69) is 61.3 Å². The number of nitrogens with zero attached hydrogens (tertiary/aromatic N) is 4. The molecule has 2 aromatic carbocycles. The van der Waals surface area contributed by atoms with Crippen molar-refractivity contribution in [3.63, 3.8) is 0 Å². The summed E-state index contributed by atoms with van der Waals surface area (Å²) >= 11 is 1.44. The van der Waals surface area contributed by atoms with E-state index in [1.165, 1.54) is 17.3 Å². The number of para-hydroxylation sites is 2. The molecule has 1 saturated heterocycles. The van der Waals surface area contributed by atoms with Crippen molar-refractivity contribution < 1.29 is 9.53 Å². The van der Waals surface area contributed by atoms with Crippen LogP contribution in [0.2, 0.25) is 0 Å². The third-order valence-electron chi connectivity index (χ3n) is 5.96. The summed E-state index contributed by atoms with van der Waals surface area (Å²) in [5, 5.41) is 9.07. The predicted octanol–water partition coefficient (Wildman–Crippen LogP) is 4.61. The quantitative estimate of drug-likeness (QED) is 0.492. The number of likely N-dealkylation sites (tertiary alicyclic amines) is 1. The summed E-state index contributed by atoms with van der Waals surface area (Å²) in [5.41, 5.74) is 4.62. The first kappa shape index (κ1) is 22.4. The van der Waals surface area contributed by atoms with Gasteiger partial charge in [-0.2, -0.15) is 0 Å². The van der Waals surface area contributed by atoms with Gasteiger partial charge in [0, 0.05) is 25.9 Å². The zero-order valence-corrected chi connectivity index (χ0v) is 19.8. The Kier molecular flexibility index (Phi) is 7.15. The molecule has 1 aliphatic rings. The second-order valence-electron chi connectivity index (χ2n) is 8.17. The van der Waals surface area contributed by atoms with Crippen LogP contribution in [0.1, 0.15) is 36.5 Å². The molecule has 0 atom stereocenters. The van der Waals surface area contributed by atoms with Crippen LogP contribution in [0.25, 0.3) is 5.69 Å². The zero-order chi connectivity index (χ0) is 22.5. The van der Waals surface area contributed by atoms with E-state index in [0.717, 1.165) is 60.1 Å². The Hall–Kier alpha value is -2.80. The average molecular weight is 451 g/mol. The maximum absolute atomic E-state index is 12.8. The number of ether oxygens (including phenoxy) is 1. The number of carbonyl (C=O) groups excluding carboxylic acids is 1. The Morgan fingerprint density at radius 2 is 1.81 bits per heavy atom. The SMILES string of the molecule is CCc1ccccc1-n1cnnc1SCC(=O)N1CCC(Oc2c(C)cccc2C)CC1. The zero-order valence-electron chi connectivity index (χ0n) is 19.0. The second kappa shape index (κ2) is 10.2. The summed E-state index contributed by atoms with van der Waals surface area (Å²) in [6.45, 7) is 7.74. The number of aromatic nitrogens is 3. The van der Waals surface area contributed by atoms with E-state index >= 15 is 0 Å². The molecule has 0 unspecified atom stereocenters. The first-order chi connectivity index (χ1) is 15.6. The van der Waals surface area contributed by atoms with Gasteiger partial charge < -0.3 is 9.64 Å². The van der Waals surface area contributed by atoms with Gasteiger partial charge in [0.1, 0.15) is 18.2 Å². The number of hydrogen-bond donors (Lipinski definition) is 0. The van der Waals surface area contributed by atoms with Crippen LogP contribution < -0.4 is 4.74 Å². The molecule has 32 heavy (non-hydrogen) atoms. The van der Waals surface area contributed by atoms with Crippen molar-refractivity contribution in [2.75, 3.05) is 18.8 Å². The van der Waals surface area contributed by atoms with E-state index in [9.17, 15) is 4.79 Å². The minimum atomic E-state index is 0.138. The highest BCUT2D eigenvalue weighted by Crippen LogP contribution is 2.27. The second-order valence-corrected chi connectivity index (χ2v) is 9.12. The van der Waals surface area contributed by atoms with Gasteiger partial charge >= 0.3 is 0 Å². The molecule has 0 spiro atoms. The minimum absolute atomic E-state index is 0.138. The highest BCUT2D eigenvalue weighted by atomic mass is 32.2. The van der Waals surface area contributed by atoms with Gasteiger partial charge in [-0.15, -0.1) is 10.2 Å². The van der Waals surface area contributed by atoms with E-state index in [4.69, 9.17) is 4.74 Å². The molecule has 7 heteroatoms. The van der Waals surface area contributed by atoms with Crippen molar-refractivity contribution in [1.29, 1.82) is 0 Å². The number of piperidine rings is 1. The lowest BCUT2D eigenvalue weighted by Gasteiger charge is -2.32. The summed E-state index contributed by atoms with van der Waals surface area (Å²) in [4.78, 5) is 14.8. The molecule has 4 rings (SSSR count). The van der Waals surface area contributed by atoms with E-state index in [0.29, 0.717) is 5.75 Å². The molecule has 0 radical (unpaired) electrons. The van der Waals surface area contributed by atoms with Crippen LogP contribution in [-0.2, 0) is 11.2 Å².